The topological polar surface area (TPSA) is 88.4 Å². The van der Waals surface area contributed by atoms with Crippen molar-refractivity contribution in [1.29, 1.82) is 0 Å². The molecule has 1 N–H and O–H groups in total. The second-order valence-electron chi connectivity index (χ2n) is 4.88. The van der Waals surface area contributed by atoms with E-state index in [1.807, 2.05) is 4.90 Å². The number of aromatic nitrogens is 1. The quantitative estimate of drug-likeness (QED) is 0.654. The van der Waals surface area contributed by atoms with Crippen LogP contribution in [0.3, 0.4) is 0 Å². The summed E-state index contributed by atoms with van der Waals surface area (Å²) in [5, 5.41) is 13.7. The van der Waals surface area contributed by atoms with Crippen LogP contribution in [-0.4, -0.2) is 40.3 Å². The van der Waals surface area contributed by atoms with Gasteiger partial charge in [-0.05, 0) is 25.8 Å². The summed E-state index contributed by atoms with van der Waals surface area (Å²) in [7, 11) is 0. The molecule has 0 saturated carbocycles. The van der Waals surface area contributed by atoms with Crippen molar-refractivity contribution >= 4 is 17.4 Å². The van der Waals surface area contributed by atoms with Crippen molar-refractivity contribution in [2.45, 2.75) is 26.2 Å². The van der Waals surface area contributed by atoms with E-state index in [2.05, 4.69) is 10.3 Å². The first-order valence-corrected chi connectivity index (χ1v) is 6.70. The molecule has 0 unspecified atom stereocenters. The van der Waals surface area contributed by atoms with Crippen molar-refractivity contribution in [1.82, 2.24) is 9.88 Å². The first-order chi connectivity index (χ1) is 9.58. The van der Waals surface area contributed by atoms with E-state index in [1.165, 1.54) is 6.20 Å². The molecule has 1 aliphatic heterocycles. The van der Waals surface area contributed by atoms with Gasteiger partial charge in [-0.15, -0.1) is 0 Å². The number of amides is 1. The molecule has 0 spiro atoms. The zero-order valence-corrected chi connectivity index (χ0v) is 11.5. The van der Waals surface area contributed by atoms with Gasteiger partial charge in [0.2, 0.25) is 5.91 Å². The summed E-state index contributed by atoms with van der Waals surface area (Å²) in [5.74, 6) is 0.705. The fourth-order valence-corrected chi connectivity index (χ4v) is 2.26. The molecule has 1 aromatic rings. The zero-order chi connectivity index (χ0) is 14.5. The summed E-state index contributed by atoms with van der Waals surface area (Å²) in [6.45, 7) is 3.86. The van der Waals surface area contributed by atoms with Gasteiger partial charge in [-0.1, -0.05) is 0 Å². The van der Waals surface area contributed by atoms with Crippen LogP contribution in [-0.2, 0) is 4.79 Å². The number of likely N-dealkylation sites (tertiary alicyclic amines) is 1. The van der Waals surface area contributed by atoms with Gasteiger partial charge in [-0.25, -0.2) is 4.98 Å². The van der Waals surface area contributed by atoms with Gasteiger partial charge in [-0.2, -0.15) is 0 Å². The molecule has 1 amide bonds. The Kier molecular flexibility index (Phi) is 4.49. The molecule has 0 aromatic carbocycles. The smallest absolute Gasteiger partial charge is 0.290 e. The van der Waals surface area contributed by atoms with Crippen molar-refractivity contribution in [3.8, 4) is 0 Å². The molecule has 0 atom stereocenters. The Hall–Kier alpha value is -2.18. The minimum atomic E-state index is -0.455. The lowest BCUT2D eigenvalue weighted by Crippen LogP contribution is -2.29. The maximum Gasteiger partial charge on any atom is 0.290 e. The lowest BCUT2D eigenvalue weighted by molar-refractivity contribution is -0.385. The van der Waals surface area contributed by atoms with Crippen LogP contribution in [0.4, 0.5) is 11.5 Å². The van der Waals surface area contributed by atoms with Gasteiger partial charge in [-0.3, -0.25) is 14.9 Å². The van der Waals surface area contributed by atoms with Crippen LogP contribution in [0.25, 0.3) is 0 Å². The summed E-state index contributed by atoms with van der Waals surface area (Å²) >= 11 is 0. The number of nitro groups is 1. The SMILES string of the molecule is Cc1cc(NCCC(=O)N2CCCC2)ncc1[N+](=O)[O-]. The van der Waals surface area contributed by atoms with Crippen LogP contribution >= 0.6 is 0 Å². The molecule has 7 heteroatoms. The van der Waals surface area contributed by atoms with Crippen LogP contribution in [0.1, 0.15) is 24.8 Å². The number of nitrogens with one attached hydrogen (secondary N) is 1. The van der Waals surface area contributed by atoms with E-state index in [0.717, 1.165) is 25.9 Å². The molecule has 1 fully saturated rings. The van der Waals surface area contributed by atoms with E-state index in [0.29, 0.717) is 24.3 Å². The highest BCUT2D eigenvalue weighted by atomic mass is 16.6. The summed E-state index contributed by atoms with van der Waals surface area (Å²) in [5.41, 5.74) is 0.557. The van der Waals surface area contributed by atoms with Crippen LogP contribution in [0.15, 0.2) is 12.3 Å². The van der Waals surface area contributed by atoms with Crippen LogP contribution in [0, 0.1) is 17.0 Å². The zero-order valence-electron chi connectivity index (χ0n) is 11.5. The number of hydrogen-bond donors (Lipinski definition) is 1. The van der Waals surface area contributed by atoms with E-state index in [1.54, 1.807) is 13.0 Å². The van der Waals surface area contributed by atoms with Crippen LogP contribution < -0.4 is 5.32 Å². The predicted molar refractivity (Wildman–Crippen MR) is 74.5 cm³/mol. The van der Waals surface area contributed by atoms with Crippen molar-refractivity contribution < 1.29 is 9.72 Å². The standard InChI is InChI=1S/C13H18N4O3/c1-10-8-12(15-9-11(10)17(19)20)14-5-4-13(18)16-6-2-3-7-16/h8-9H,2-7H2,1H3,(H,14,15). The van der Waals surface area contributed by atoms with E-state index in [9.17, 15) is 14.9 Å². The van der Waals surface area contributed by atoms with Gasteiger partial charge >= 0.3 is 0 Å². The maximum absolute atomic E-state index is 11.8. The lowest BCUT2D eigenvalue weighted by Gasteiger charge is -2.15. The number of nitrogens with zero attached hydrogens (tertiary/aromatic N) is 3. The molecule has 0 bridgehead atoms. The highest BCUT2D eigenvalue weighted by molar-refractivity contribution is 5.76. The molecule has 2 heterocycles. The van der Waals surface area contributed by atoms with Crippen molar-refractivity contribution in [2.24, 2.45) is 0 Å². The van der Waals surface area contributed by atoms with Crippen molar-refractivity contribution in [3.05, 3.63) is 27.9 Å². The minimum Gasteiger partial charge on any atom is -0.370 e. The predicted octanol–water partition coefficient (Wildman–Crippen LogP) is 1.72. The average molecular weight is 278 g/mol. The van der Waals surface area contributed by atoms with Crippen molar-refractivity contribution in [3.63, 3.8) is 0 Å². The van der Waals surface area contributed by atoms with E-state index in [-0.39, 0.29) is 11.6 Å². The monoisotopic (exact) mass is 278 g/mol. The van der Waals surface area contributed by atoms with Gasteiger partial charge in [0.1, 0.15) is 12.0 Å². The molecule has 20 heavy (non-hydrogen) atoms. The number of hydrogen-bond acceptors (Lipinski definition) is 5. The summed E-state index contributed by atoms with van der Waals surface area (Å²) < 4.78 is 0. The third-order valence-electron chi connectivity index (χ3n) is 3.38. The number of anilines is 1. The molecule has 7 nitrogen and oxygen atoms in total. The fraction of sp³-hybridized carbons (Fsp3) is 0.538. The Balaban J connectivity index is 1.83. The third-order valence-corrected chi connectivity index (χ3v) is 3.38. The Morgan fingerprint density at radius 2 is 2.20 bits per heavy atom. The summed E-state index contributed by atoms with van der Waals surface area (Å²) in [6, 6.07) is 1.62. The molecule has 1 saturated heterocycles. The Morgan fingerprint density at radius 1 is 1.50 bits per heavy atom. The molecular formula is C13H18N4O3. The van der Waals surface area contributed by atoms with Crippen molar-refractivity contribution in [2.75, 3.05) is 25.0 Å². The largest absolute Gasteiger partial charge is 0.370 e. The molecule has 0 radical (unpaired) electrons. The molecule has 0 aliphatic carbocycles. The van der Waals surface area contributed by atoms with Gasteiger partial charge in [0.05, 0.1) is 4.92 Å². The molecular weight excluding hydrogens is 260 g/mol. The van der Waals surface area contributed by atoms with Gasteiger partial charge in [0.15, 0.2) is 0 Å². The molecule has 1 aromatic heterocycles. The Bertz CT molecular complexity index is 512. The third kappa shape index (κ3) is 3.43. The lowest BCUT2D eigenvalue weighted by atomic mass is 10.2. The highest BCUT2D eigenvalue weighted by Gasteiger charge is 2.17. The average Bonchev–Trinajstić information content (AvgIpc) is 2.92. The molecule has 108 valence electrons. The fourth-order valence-electron chi connectivity index (χ4n) is 2.26. The second kappa shape index (κ2) is 6.31. The van der Waals surface area contributed by atoms with Crippen LogP contribution in [0.2, 0.25) is 0 Å². The first kappa shape index (κ1) is 14.2. The molecule has 2 rings (SSSR count). The minimum absolute atomic E-state index is 0.00342. The number of carbonyl (C=O) groups is 1. The number of aryl methyl sites for hydroxylation is 1. The van der Waals surface area contributed by atoms with E-state index >= 15 is 0 Å². The van der Waals surface area contributed by atoms with Gasteiger partial charge in [0, 0.05) is 31.6 Å². The number of rotatable bonds is 5. The second-order valence-corrected chi connectivity index (χ2v) is 4.88. The van der Waals surface area contributed by atoms with Gasteiger partial charge < -0.3 is 10.2 Å². The highest BCUT2D eigenvalue weighted by Crippen LogP contribution is 2.18. The molecule has 1 aliphatic rings. The number of pyridine rings is 1. The Labute approximate surface area is 117 Å². The van der Waals surface area contributed by atoms with Gasteiger partial charge in [0.25, 0.3) is 5.69 Å². The maximum atomic E-state index is 11.8. The summed E-state index contributed by atoms with van der Waals surface area (Å²) in [6.07, 6.45) is 3.82. The number of carbonyl (C=O) groups excluding carboxylic acids is 1. The van der Waals surface area contributed by atoms with E-state index in [4.69, 9.17) is 0 Å². The normalized spacial score (nSPS) is 14.3. The van der Waals surface area contributed by atoms with E-state index < -0.39 is 4.92 Å². The summed E-state index contributed by atoms with van der Waals surface area (Å²) in [4.78, 5) is 27.9. The Morgan fingerprint density at radius 3 is 2.80 bits per heavy atom. The van der Waals surface area contributed by atoms with Crippen LogP contribution in [0.5, 0.6) is 0 Å². The first-order valence-electron chi connectivity index (χ1n) is 6.70.